The van der Waals surface area contributed by atoms with Gasteiger partial charge in [-0.05, 0) is 100 Å². The normalized spacial score (nSPS) is 13.9. The molecule has 0 spiro atoms. The largest absolute Gasteiger partial charge is 0.378 e. The standard InChI is InChI=1S/C42H45N4/c1-8-43-37-22-14-32(15-23-37)41(33-16-24-38(25-17-33)44(2)3)30-11-31-9-12-34(13-10-31)42(35-18-26-39(27-19-35)45(4)5)36-20-28-40(29-21-36)46(6)7/h9-30H,8H2,1-7H3/q+1. The second-order valence-corrected chi connectivity index (χ2v) is 12.1. The lowest BCUT2D eigenvalue weighted by Crippen LogP contribution is -2.10. The van der Waals surface area contributed by atoms with E-state index in [0.29, 0.717) is 0 Å². The summed E-state index contributed by atoms with van der Waals surface area (Å²) in [6, 6.07) is 26.5. The van der Waals surface area contributed by atoms with E-state index in [1.54, 1.807) is 0 Å². The van der Waals surface area contributed by atoms with Gasteiger partial charge < -0.3 is 9.80 Å². The number of hydrogen-bond donors (Lipinski definition) is 0. The molecule has 0 radical (unpaired) electrons. The molecule has 0 saturated carbocycles. The molecule has 2 aliphatic rings. The Hall–Kier alpha value is -5.22. The summed E-state index contributed by atoms with van der Waals surface area (Å²) in [5, 5.41) is 0. The Morgan fingerprint density at radius 1 is 0.609 bits per heavy atom. The van der Waals surface area contributed by atoms with Crippen LogP contribution in [0.3, 0.4) is 0 Å². The molecule has 0 aromatic heterocycles. The molecule has 0 atom stereocenters. The molecule has 3 aromatic rings. The first-order valence-corrected chi connectivity index (χ1v) is 15.9. The number of benzene rings is 3. The summed E-state index contributed by atoms with van der Waals surface area (Å²) in [5.74, 6) is 0. The molecule has 0 fully saturated rings. The molecule has 2 aliphatic carbocycles. The zero-order chi connectivity index (χ0) is 32.6. The summed E-state index contributed by atoms with van der Waals surface area (Å²) in [6.45, 7) is 2.84. The fourth-order valence-electron chi connectivity index (χ4n) is 5.52. The molecule has 0 saturated heterocycles. The first kappa shape index (κ1) is 32.2. The maximum absolute atomic E-state index is 4.56. The molecular formula is C42H45N4+. The zero-order valence-electron chi connectivity index (χ0n) is 28.2. The Balaban J connectivity index is 1.51. The summed E-state index contributed by atoms with van der Waals surface area (Å²) in [5.41, 5.74) is 14.0. The summed E-state index contributed by atoms with van der Waals surface area (Å²) >= 11 is 0. The molecule has 5 rings (SSSR count). The highest BCUT2D eigenvalue weighted by Crippen LogP contribution is 2.32. The van der Waals surface area contributed by atoms with Crippen LogP contribution in [0.4, 0.5) is 11.4 Å². The minimum Gasteiger partial charge on any atom is -0.378 e. The molecule has 4 nitrogen and oxygen atoms in total. The van der Waals surface area contributed by atoms with Crippen molar-refractivity contribution in [3.8, 4) is 0 Å². The Labute approximate surface area is 275 Å². The van der Waals surface area contributed by atoms with Crippen LogP contribution in [-0.2, 0) is 0 Å². The van der Waals surface area contributed by atoms with E-state index in [9.17, 15) is 0 Å². The van der Waals surface area contributed by atoms with Gasteiger partial charge in [-0.25, -0.2) is 4.58 Å². The van der Waals surface area contributed by atoms with E-state index in [-0.39, 0.29) is 0 Å². The number of rotatable bonds is 8. The lowest BCUT2D eigenvalue weighted by molar-refractivity contribution is -0.462. The van der Waals surface area contributed by atoms with E-state index < -0.39 is 0 Å². The van der Waals surface area contributed by atoms with Gasteiger partial charge >= 0.3 is 0 Å². The van der Waals surface area contributed by atoms with Crippen molar-refractivity contribution in [3.05, 3.63) is 161 Å². The van der Waals surface area contributed by atoms with E-state index >= 15 is 0 Å². The van der Waals surface area contributed by atoms with E-state index in [2.05, 4.69) is 202 Å². The monoisotopic (exact) mass is 605 g/mol. The van der Waals surface area contributed by atoms with E-state index in [1.807, 2.05) is 0 Å². The molecule has 4 heteroatoms. The maximum atomic E-state index is 4.56. The van der Waals surface area contributed by atoms with Gasteiger partial charge in [0.05, 0.1) is 5.71 Å². The smallest absolute Gasteiger partial charge is 0.199 e. The number of nitrogens with zero attached hydrogens (tertiary/aromatic N) is 4. The minimum absolute atomic E-state index is 0.778. The predicted molar refractivity (Wildman–Crippen MR) is 202 cm³/mol. The van der Waals surface area contributed by atoms with Crippen LogP contribution in [0.1, 0.15) is 29.2 Å². The fraction of sp³-hybridized carbons (Fsp3) is 0.190. The van der Waals surface area contributed by atoms with Gasteiger partial charge in [-0.2, -0.15) is 0 Å². The summed E-state index contributed by atoms with van der Waals surface area (Å²) in [7, 11) is 12.4. The molecule has 3 aromatic carbocycles. The summed E-state index contributed by atoms with van der Waals surface area (Å²) in [6.07, 6.45) is 21.8. The van der Waals surface area contributed by atoms with Crippen molar-refractivity contribution in [2.75, 3.05) is 58.6 Å². The molecule has 232 valence electrons. The van der Waals surface area contributed by atoms with Crippen molar-refractivity contribution in [3.63, 3.8) is 0 Å². The number of hydrogen-bond acceptors (Lipinski definition) is 3. The van der Waals surface area contributed by atoms with E-state index in [4.69, 9.17) is 0 Å². The van der Waals surface area contributed by atoms with Gasteiger partial charge in [0.1, 0.15) is 14.1 Å². The van der Waals surface area contributed by atoms with Gasteiger partial charge in [-0.15, -0.1) is 0 Å². The second kappa shape index (κ2) is 14.7. The van der Waals surface area contributed by atoms with Crippen LogP contribution < -0.4 is 9.80 Å². The van der Waals surface area contributed by atoms with Crippen LogP contribution in [0.2, 0.25) is 0 Å². The van der Waals surface area contributed by atoms with Crippen LogP contribution in [0.15, 0.2) is 144 Å². The van der Waals surface area contributed by atoms with Gasteiger partial charge in [0, 0.05) is 58.3 Å². The molecule has 0 aliphatic heterocycles. The number of allylic oxidation sites excluding steroid dienone is 12. The lowest BCUT2D eigenvalue weighted by atomic mass is 9.90. The van der Waals surface area contributed by atoms with Gasteiger partial charge in [0.2, 0.25) is 0 Å². The fourth-order valence-corrected chi connectivity index (χ4v) is 5.52. The Morgan fingerprint density at radius 3 is 1.57 bits per heavy atom. The maximum Gasteiger partial charge on any atom is 0.199 e. The minimum atomic E-state index is 0.778. The molecule has 0 unspecified atom stereocenters. The highest BCUT2D eigenvalue weighted by atomic mass is 15.1. The topological polar surface area (TPSA) is 21.9 Å². The molecular weight excluding hydrogens is 560 g/mol. The van der Waals surface area contributed by atoms with Crippen molar-refractivity contribution in [2.45, 2.75) is 6.92 Å². The predicted octanol–water partition coefficient (Wildman–Crippen LogP) is 8.51. The molecule has 0 amide bonds. The summed E-state index contributed by atoms with van der Waals surface area (Å²) < 4.78 is 2.13. The molecule has 0 bridgehead atoms. The van der Waals surface area contributed by atoms with Crippen LogP contribution in [0.25, 0.3) is 17.2 Å². The molecule has 0 heterocycles. The van der Waals surface area contributed by atoms with Crippen molar-refractivity contribution in [1.29, 1.82) is 0 Å². The van der Waals surface area contributed by atoms with Crippen molar-refractivity contribution in [2.24, 2.45) is 4.99 Å². The van der Waals surface area contributed by atoms with Gasteiger partial charge in [0.25, 0.3) is 0 Å². The van der Waals surface area contributed by atoms with Crippen LogP contribution in [0.5, 0.6) is 0 Å². The van der Waals surface area contributed by atoms with Gasteiger partial charge in [0.15, 0.2) is 5.71 Å². The summed E-state index contributed by atoms with van der Waals surface area (Å²) in [4.78, 5) is 8.81. The quantitative estimate of drug-likeness (QED) is 0.240. The highest BCUT2D eigenvalue weighted by Gasteiger charge is 2.14. The third-order valence-electron chi connectivity index (χ3n) is 8.20. The molecule has 0 N–H and O–H groups in total. The lowest BCUT2D eigenvalue weighted by Gasteiger charge is -2.17. The average Bonchev–Trinajstić information content (AvgIpc) is 3.07. The van der Waals surface area contributed by atoms with Gasteiger partial charge in [-0.1, -0.05) is 72.8 Å². The van der Waals surface area contributed by atoms with E-state index in [1.165, 1.54) is 56.1 Å². The van der Waals surface area contributed by atoms with Crippen molar-refractivity contribution < 1.29 is 4.58 Å². The third kappa shape index (κ3) is 7.70. The second-order valence-electron chi connectivity index (χ2n) is 12.1. The average molecular weight is 606 g/mol. The molecule has 46 heavy (non-hydrogen) atoms. The van der Waals surface area contributed by atoms with Crippen LogP contribution in [0, 0.1) is 0 Å². The first-order valence-electron chi connectivity index (χ1n) is 15.9. The van der Waals surface area contributed by atoms with Crippen molar-refractivity contribution >= 4 is 40.0 Å². The Bertz CT molecular complexity index is 1790. The Kier molecular flexibility index (Phi) is 10.3. The third-order valence-corrected chi connectivity index (χ3v) is 8.20. The SMILES string of the molecule is CCN=C1C=CC(=C(C=Cc2ccc(C(=C3C=CC(=[N+](C)C)C=C3)c3ccc(N(C)C)cc3)cc2)c2ccc(N(C)C)cc2)C=C1. The van der Waals surface area contributed by atoms with Crippen molar-refractivity contribution in [1.82, 2.24) is 0 Å². The number of anilines is 2. The highest BCUT2D eigenvalue weighted by molar-refractivity contribution is 6.07. The zero-order valence-corrected chi connectivity index (χ0v) is 28.2. The first-order chi connectivity index (χ1) is 22.2. The van der Waals surface area contributed by atoms with Crippen LogP contribution in [-0.4, -0.2) is 64.8 Å². The van der Waals surface area contributed by atoms with E-state index in [0.717, 1.165) is 17.8 Å². The van der Waals surface area contributed by atoms with Gasteiger partial charge in [-0.3, -0.25) is 4.99 Å². The number of aliphatic imine (C=N–C) groups is 1. The van der Waals surface area contributed by atoms with Crippen LogP contribution >= 0.6 is 0 Å². The Morgan fingerprint density at radius 2 is 1.09 bits per heavy atom.